The summed E-state index contributed by atoms with van der Waals surface area (Å²) in [7, 11) is 0. The van der Waals surface area contributed by atoms with Gasteiger partial charge in [-0.15, -0.1) is 0 Å². The third kappa shape index (κ3) is 2.45. The fourth-order valence-electron chi connectivity index (χ4n) is 2.11. The van der Waals surface area contributed by atoms with Crippen molar-refractivity contribution in [2.45, 2.75) is 12.8 Å². The first-order valence-corrected chi connectivity index (χ1v) is 5.65. The van der Waals surface area contributed by atoms with E-state index in [1.54, 1.807) is 0 Å². The summed E-state index contributed by atoms with van der Waals surface area (Å²) in [6.07, 6.45) is 2.14. The maximum absolute atomic E-state index is 5.28. The second-order valence-corrected chi connectivity index (χ2v) is 4.03. The van der Waals surface area contributed by atoms with Crippen molar-refractivity contribution in [3.63, 3.8) is 0 Å². The Morgan fingerprint density at radius 3 is 2.94 bits per heavy atom. The maximum atomic E-state index is 5.28. The molecule has 2 rings (SSSR count). The van der Waals surface area contributed by atoms with E-state index in [4.69, 9.17) is 11.5 Å². The number of para-hydroxylation sites is 1. The molecule has 4 heteroatoms. The van der Waals surface area contributed by atoms with Gasteiger partial charge in [0.05, 0.1) is 0 Å². The minimum absolute atomic E-state index is 0.182. The van der Waals surface area contributed by atoms with Crippen molar-refractivity contribution < 1.29 is 0 Å². The van der Waals surface area contributed by atoms with Gasteiger partial charge in [0, 0.05) is 25.3 Å². The zero-order chi connectivity index (χ0) is 11.4. The van der Waals surface area contributed by atoms with Gasteiger partial charge in [-0.3, -0.25) is 4.99 Å². The van der Waals surface area contributed by atoms with Gasteiger partial charge in [-0.25, -0.2) is 0 Å². The van der Waals surface area contributed by atoms with E-state index >= 15 is 0 Å². The van der Waals surface area contributed by atoms with Crippen molar-refractivity contribution in [2.75, 3.05) is 24.5 Å². The van der Waals surface area contributed by atoms with Crippen LogP contribution in [0, 0.1) is 0 Å². The largest absolute Gasteiger partial charge is 0.371 e. The number of rotatable bonds is 4. The molecule has 1 aromatic rings. The van der Waals surface area contributed by atoms with E-state index in [2.05, 4.69) is 34.2 Å². The van der Waals surface area contributed by atoms with Crippen molar-refractivity contribution in [1.29, 1.82) is 0 Å². The van der Waals surface area contributed by atoms with Gasteiger partial charge >= 0.3 is 0 Å². The topological polar surface area (TPSA) is 67.6 Å². The average molecular weight is 218 g/mol. The Balaban J connectivity index is 1.87. The summed E-state index contributed by atoms with van der Waals surface area (Å²) >= 11 is 0. The zero-order valence-corrected chi connectivity index (χ0v) is 9.39. The van der Waals surface area contributed by atoms with Crippen LogP contribution in [0.2, 0.25) is 0 Å². The Labute approximate surface area is 96.0 Å². The standard InChI is InChI=1S/C12H18N4/c13-12(14)15-7-3-8-16-9-6-10-4-1-2-5-11(10)16/h1-2,4-5H,3,6-9H2,(H4,13,14,15). The van der Waals surface area contributed by atoms with Crippen LogP contribution in [0.3, 0.4) is 0 Å². The molecule has 4 N–H and O–H groups in total. The highest BCUT2D eigenvalue weighted by Crippen LogP contribution is 2.27. The Hall–Kier alpha value is -1.71. The second kappa shape index (κ2) is 4.88. The highest BCUT2D eigenvalue weighted by molar-refractivity contribution is 5.75. The highest BCUT2D eigenvalue weighted by Gasteiger charge is 2.16. The molecule has 4 nitrogen and oxygen atoms in total. The number of nitrogens with two attached hydrogens (primary N) is 2. The number of benzene rings is 1. The molecular formula is C12H18N4. The van der Waals surface area contributed by atoms with Gasteiger partial charge in [-0.2, -0.15) is 0 Å². The summed E-state index contributed by atoms with van der Waals surface area (Å²) in [6, 6.07) is 8.57. The van der Waals surface area contributed by atoms with Crippen LogP contribution < -0.4 is 16.4 Å². The molecule has 0 amide bonds. The van der Waals surface area contributed by atoms with E-state index in [1.807, 2.05) is 0 Å². The Kier molecular flexibility index (Phi) is 3.29. The molecular weight excluding hydrogens is 200 g/mol. The third-order valence-electron chi connectivity index (χ3n) is 2.86. The van der Waals surface area contributed by atoms with Crippen molar-refractivity contribution >= 4 is 11.6 Å². The normalized spacial score (nSPS) is 13.6. The Bertz CT molecular complexity index is 382. The first kappa shape index (κ1) is 10.8. The number of aliphatic imine (C=N–C) groups is 1. The summed E-state index contributed by atoms with van der Waals surface area (Å²) in [5.74, 6) is 0.182. The predicted octanol–water partition coefficient (Wildman–Crippen LogP) is 0.713. The third-order valence-corrected chi connectivity index (χ3v) is 2.86. The number of nitrogens with zero attached hydrogens (tertiary/aromatic N) is 2. The maximum Gasteiger partial charge on any atom is 0.185 e. The minimum atomic E-state index is 0.182. The summed E-state index contributed by atoms with van der Waals surface area (Å²) in [5, 5.41) is 0. The van der Waals surface area contributed by atoms with E-state index in [0.717, 1.165) is 25.9 Å². The van der Waals surface area contributed by atoms with E-state index in [0.29, 0.717) is 6.54 Å². The lowest BCUT2D eigenvalue weighted by molar-refractivity contribution is 0.759. The Morgan fingerprint density at radius 2 is 2.12 bits per heavy atom. The lowest BCUT2D eigenvalue weighted by atomic mass is 10.2. The van der Waals surface area contributed by atoms with Crippen molar-refractivity contribution in [1.82, 2.24) is 0 Å². The van der Waals surface area contributed by atoms with E-state index in [1.165, 1.54) is 11.3 Å². The van der Waals surface area contributed by atoms with Crippen LogP contribution in [-0.2, 0) is 6.42 Å². The molecule has 0 radical (unpaired) electrons. The fraction of sp³-hybridized carbons (Fsp3) is 0.417. The molecule has 0 aromatic heterocycles. The molecule has 0 spiro atoms. The molecule has 0 unspecified atom stereocenters. The molecule has 0 fully saturated rings. The number of hydrogen-bond acceptors (Lipinski definition) is 2. The number of hydrogen-bond donors (Lipinski definition) is 2. The Morgan fingerprint density at radius 1 is 1.31 bits per heavy atom. The smallest absolute Gasteiger partial charge is 0.185 e. The van der Waals surface area contributed by atoms with Gasteiger partial charge in [0.15, 0.2) is 5.96 Å². The van der Waals surface area contributed by atoms with Crippen LogP contribution >= 0.6 is 0 Å². The van der Waals surface area contributed by atoms with Crippen molar-refractivity contribution in [2.24, 2.45) is 16.5 Å². The van der Waals surface area contributed by atoms with Gasteiger partial charge in [0.2, 0.25) is 0 Å². The predicted molar refractivity (Wildman–Crippen MR) is 67.7 cm³/mol. The summed E-state index contributed by atoms with van der Waals surface area (Å²) < 4.78 is 0. The van der Waals surface area contributed by atoms with Gasteiger partial charge in [-0.1, -0.05) is 18.2 Å². The summed E-state index contributed by atoms with van der Waals surface area (Å²) in [4.78, 5) is 6.39. The van der Waals surface area contributed by atoms with Crippen LogP contribution in [0.25, 0.3) is 0 Å². The van der Waals surface area contributed by atoms with Crippen LogP contribution in [0.4, 0.5) is 5.69 Å². The average Bonchev–Trinajstić information content (AvgIpc) is 2.68. The van der Waals surface area contributed by atoms with Crippen LogP contribution in [0.15, 0.2) is 29.3 Å². The van der Waals surface area contributed by atoms with E-state index in [9.17, 15) is 0 Å². The van der Waals surface area contributed by atoms with Crippen LogP contribution in [0.5, 0.6) is 0 Å². The molecule has 0 bridgehead atoms. The second-order valence-electron chi connectivity index (χ2n) is 4.03. The minimum Gasteiger partial charge on any atom is -0.371 e. The van der Waals surface area contributed by atoms with Gasteiger partial charge < -0.3 is 16.4 Å². The summed E-state index contributed by atoms with van der Waals surface area (Å²) in [6.45, 7) is 2.84. The SMILES string of the molecule is NC(N)=NCCCN1CCc2ccccc21. The summed E-state index contributed by atoms with van der Waals surface area (Å²) in [5.41, 5.74) is 13.4. The quantitative estimate of drug-likeness (QED) is 0.444. The van der Waals surface area contributed by atoms with Crippen molar-refractivity contribution in [3.8, 4) is 0 Å². The fourth-order valence-corrected chi connectivity index (χ4v) is 2.11. The molecule has 1 aliphatic rings. The lowest BCUT2D eigenvalue weighted by Crippen LogP contribution is -2.25. The molecule has 0 atom stereocenters. The highest BCUT2D eigenvalue weighted by atomic mass is 15.1. The molecule has 0 aliphatic carbocycles. The molecule has 1 heterocycles. The zero-order valence-electron chi connectivity index (χ0n) is 9.39. The number of anilines is 1. The molecule has 86 valence electrons. The number of guanidine groups is 1. The first-order chi connectivity index (χ1) is 7.77. The van der Waals surface area contributed by atoms with E-state index in [-0.39, 0.29) is 5.96 Å². The molecule has 0 saturated carbocycles. The monoisotopic (exact) mass is 218 g/mol. The number of fused-ring (bicyclic) bond motifs is 1. The van der Waals surface area contributed by atoms with Gasteiger partial charge in [0.1, 0.15) is 0 Å². The van der Waals surface area contributed by atoms with Crippen molar-refractivity contribution in [3.05, 3.63) is 29.8 Å². The molecule has 1 aromatic carbocycles. The van der Waals surface area contributed by atoms with Crippen LogP contribution in [0.1, 0.15) is 12.0 Å². The lowest BCUT2D eigenvalue weighted by Gasteiger charge is -2.18. The molecule has 0 saturated heterocycles. The van der Waals surface area contributed by atoms with Crippen LogP contribution in [-0.4, -0.2) is 25.6 Å². The van der Waals surface area contributed by atoms with Gasteiger partial charge in [0.25, 0.3) is 0 Å². The molecule has 1 aliphatic heterocycles. The van der Waals surface area contributed by atoms with E-state index < -0.39 is 0 Å². The molecule has 16 heavy (non-hydrogen) atoms. The first-order valence-electron chi connectivity index (χ1n) is 5.65. The van der Waals surface area contributed by atoms with Gasteiger partial charge in [-0.05, 0) is 24.5 Å².